The number of ketones is 1. The first-order valence-electron chi connectivity index (χ1n) is 10.8. The van der Waals surface area contributed by atoms with Crippen molar-refractivity contribution in [3.05, 3.63) is 99.6 Å². The summed E-state index contributed by atoms with van der Waals surface area (Å²) < 4.78 is 0. The highest BCUT2D eigenvalue weighted by atomic mass is 35.5. The molecule has 0 spiro atoms. The summed E-state index contributed by atoms with van der Waals surface area (Å²) in [6, 6.07) is 20.3. The van der Waals surface area contributed by atoms with Crippen molar-refractivity contribution in [2.24, 2.45) is 0 Å². The number of carbonyl (C=O) groups excluding carboxylic acids is 2. The van der Waals surface area contributed by atoms with Crippen LogP contribution in [0.25, 0.3) is 0 Å². The van der Waals surface area contributed by atoms with Gasteiger partial charge in [-0.1, -0.05) is 79.0 Å². The van der Waals surface area contributed by atoms with Crippen LogP contribution in [0, 0.1) is 6.92 Å². The van der Waals surface area contributed by atoms with Gasteiger partial charge in [0.1, 0.15) is 0 Å². The number of benzene rings is 3. The van der Waals surface area contributed by atoms with Crippen molar-refractivity contribution in [3.63, 3.8) is 0 Å². The van der Waals surface area contributed by atoms with Gasteiger partial charge in [0.2, 0.25) is 0 Å². The number of aryl methyl sites for hydroxylation is 2. The van der Waals surface area contributed by atoms with E-state index in [0.29, 0.717) is 28.4 Å². The van der Waals surface area contributed by atoms with E-state index in [-0.39, 0.29) is 12.2 Å². The molecule has 4 nitrogen and oxygen atoms in total. The van der Waals surface area contributed by atoms with Crippen molar-refractivity contribution >= 4 is 29.0 Å². The van der Waals surface area contributed by atoms with Gasteiger partial charge in [0, 0.05) is 16.1 Å². The molecule has 1 amide bonds. The normalized spacial score (nSPS) is 17.5. The Kier molecular flexibility index (Phi) is 6.18. The van der Waals surface area contributed by atoms with E-state index in [1.807, 2.05) is 43.3 Å². The fourth-order valence-electron chi connectivity index (χ4n) is 4.21. The molecule has 32 heavy (non-hydrogen) atoms. The Morgan fingerprint density at radius 3 is 2.31 bits per heavy atom. The Labute approximate surface area is 193 Å². The van der Waals surface area contributed by atoms with Crippen LogP contribution >= 0.6 is 11.6 Å². The van der Waals surface area contributed by atoms with Crippen LogP contribution in [0.4, 0.5) is 5.69 Å². The molecule has 1 N–H and O–H groups in total. The Bertz CT molecular complexity index is 1150. The van der Waals surface area contributed by atoms with Gasteiger partial charge in [0.05, 0.1) is 18.7 Å². The summed E-state index contributed by atoms with van der Waals surface area (Å²) >= 11 is 6.20. The lowest BCUT2D eigenvalue weighted by Crippen LogP contribution is -2.41. The molecule has 0 aromatic heterocycles. The fraction of sp³-hybridized carbons (Fsp3) is 0.259. The quantitative estimate of drug-likeness (QED) is 0.479. The third-order valence-corrected chi connectivity index (χ3v) is 6.22. The molecule has 1 aliphatic heterocycles. The zero-order valence-electron chi connectivity index (χ0n) is 18.3. The number of anilines is 1. The van der Waals surface area contributed by atoms with E-state index >= 15 is 0 Å². The summed E-state index contributed by atoms with van der Waals surface area (Å²) in [5, 5.41) is 11.9. The van der Waals surface area contributed by atoms with Gasteiger partial charge in [0.15, 0.2) is 11.4 Å². The Morgan fingerprint density at radius 1 is 1.00 bits per heavy atom. The number of amides is 1. The monoisotopic (exact) mass is 447 g/mol. The number of halogens is 1. The summed E-state index contributed by atoms with van der Waals surface area (Å²) in [6.45, 7) is 4.41. The molecular formula is C27H26ClNO3. The number of hydrogen-bond acceptors (Lipinski definition) is 3. The molecule has 0 aliphatic carbocycles. The zero-order chi connectivity index (χ0) is 22.9. The SMILES string of the molecule is CCCc1ccc(C(=O)C[C@]2(O)C(=O)N(Cc3ccc(C)cc3)c3ccc(Cl)cc32)cc1. The van der Waals surface area contributed by atoms with Gasteiger partial charge in [-0.25, -0.2) is 0 Å². The molecule has 5 heteroatoms. The number of hydrogen-bond donors (Lipinski definition) is 1. The molecule has 4 rings (SSSR count). The summed E-state index contributed by atoms with van der Waals surface area (Å²) in [5.41, 5.74) is 2.69. The Morgan fingerprint density at radius 2 is 1.66 bits per heavy atom. The van der Waals surface area contributed by atoms with Gasteiger partial charge in [-0.3, -0.25) is 9.59 Å². The highest BCUT2D eigenvalue weighted by molar-refractivity contribution is 6.31. The van der Waals surface area contributed by atoms with E-state index < -0.39 is 11.5 Å². The molecule has 0 fully saturated rings. The summed E-state index contributed by atoms with van der Waals surface area (Å²) in [4.78, 5) is 28.0. The van der Waals surface area contributed by atoms with E-state index in [2.05, 4.69) is 6.92 Å². The number of rotatable bonds is 7. The highest BCUT2D eigenvalue weighted by Crippen LogP contribution is 2.44. The van der Waals surface area contributed by atoms with Crippen molar-refractivity contribution in [1.82, 2.24) is 0 Å². The molecule has 3 aromatic rings. The second-order valence-electron chi connectivity index (χ2n) is 8.45. The summed E-state index contributed by atoms with van der Waals surface area (Å²) in [5.74, 6) is -0.793. The van der Waals surface area contributed by atoms with Gasteiger partial charge in [-0.2, -0.15) is 0 Å². The molecule has 1 aliphatic rings. The second-order valence-corrected chi connectivity index (χ2v) is 8.88. The third kappa shape index (κ3) is 4.21. The molecule has 0 saturated carbocycles. The molecule has 0 saturated heterocycles. The van der Waals surface area contributed by atoms with E-state index in [4.69, 9.17) is 11.6 Å². The number of nitrogens with zero attached hydrogens (tertiary/aromatic N) is 1. The first-order valence-corrected chi connectivity index (χ1v) is 11.2. The van der Waals surface area contributed by atoms with Crippen LogP contribution in [0.2, 0.25) is 5.02 Å². The molecule has 1 atom stereocenters. The molecule has 164 valence electrons. The van der Waals surface area contributed by atoms with Gasteiger partial charge >= 0.3 is 0 Å². The number of Topliss-reactive ketones (excluding diaryl/α,β-unsaturated/α-hetero) is 1. The third-order valence-electron chi connectivity index (χ3n) is 5.99. The minimum absolute atomic E-state index is 0.285. The summed E-state index contributed by atoms with van der Waals surface area (Å²) in [6.07, 6.45) is 1.63. The maximum Gasteiger partial charge on any atom is 0.264 e. The second kappa shape index (κ2) is 8.89. The van der Waals surface area contributed by atoms with Crippen molar-refractivity contribution in [3.8, 4) is 0 Å². The van der Waals surface area contributed by atoms with Gasteiger partial charge in [-0.15, -0.1) is 0 Å². The van der Waals surface area contributed by atoms with Crippen LogP contribution in [0.15, 0.2) is 66.7 Å². The molecule has 0 unspecified atom stereocenters. The van der Waals surface area contributed by atoms with Crippen molar-refractivity contribution < 1.29 is 14.7 Å². The van der Waals surface area contributed by atoms with Crippen LogP contribution in [0.1, 0.15) is 52.4 Å². The van der Waals surface area contributed by atoms with E-state index in [9.17, 15) is 14.7 Å². The van der Waals surface area contributed by atoms with Crippen LogP contribution in [-0.4, -0.2) is 16.8 Å². The number of fused-ring (bicyclic) bond motifs is 1. The number of aliphatic hydroxyl groups is 1. The predicted molar refractivity (Wildman–Crippen MR) is 127 cm³/mol. The first-order chi connectivity index (χ1) is 15.3. The highest BCUT2D eigenvalue weighted by Gasteiger charge is 2.51. The average molecular weight is 448 g/mol. The van der Waals surface area contributed by atoms with Crippen LogP contribution in [-0.2, 0) is 23.4 Å². The average Bonchev–Trinajstić information content (AvgIpc) is 2.97. The van der Waals surface area contributed by atoms with Crippen molar-refractivity contribution in [1.29, 1.82) is 0 Å². The first kappa shape index (κ1) is 22.3. The van der Waals surface area contributed by atoms with Crippen LogP contribution in [0.5, 0.6) is 0 Å². The molecule has 0 bridgehead atoms. The standard InChI is InChI=1S/C27H26ClNO3/c1-3-4-19-9-11-21(12-10-19)25(30)16-27(32)23-15-22(28)13-14-24(23)29(26(27)31)17-20-7-5-18(2)6-8-20/h5-15,32H,3-4,16-17H2,1-2H3/t27-/m1/s1. The van der Waals surface area contributed by atoms with E-state index in [1.165, 1.54) is 4.90 Å². The molecule has 1 heterocycles. The zero-order valence-corrected chi connectivity index (χ0v) is 19.0. The van der Waals surface area contributed by atoms with E-state index in [1.54, 1.807) is 30.3 Å². The van der Waals surface area contributed by atoms with Gasteiger partial charge in [0.25, 0.3) is 5.91 Å². The predicted octanol–water partition coefficient (Wildman–Crippen LogP) is 5.61. The van der Waals surface area contributed by atoms with Crippen molar-refractivity contribution in [2.75, 3.05) is 4.90 Å². The topological polar surface area (TPSA) is 57.6 Å². The van der Waals surface area contributed by atoms with Crippen LogP contribution < -0.4 is 4.90 Å². The fourth-order valence-corrected chi connectivity index (χ4v) is 4.38. The largest absolute Gasteiger partial charge is 0.375 e. The Hall–Kier alpha value is -2.95. The Balaban J connectivity index is 1.65. The van der Waals surface area contributed by atoms with Crippen molar-refractivity contribution in [2.45, 2.75) is 45.3 Å². The van der Waals surface area contributed by atoms with Gasteiger partial charge < -0.3 is 10.0 Å². The summed E-state index contributed by atoms with van der Waals surface area (Å²) in [7, 11) is 0. The lowest BCUT2D eigenvalue weighted by molar-refractivity contribution is -0.136. The smallest absolute Gasteiger partial charge is 0.264 e. The molecular weight excluding hydrogens is 422 g/mol. The maximum atomic E-state index is 13.5. The maximum absolute atomic E-state index is 13.5. The molecule has 3 aromatic carbocycles. The lowest BCUT2D eigenvalue weighted by atomic mass is 9.88. The van der Waals surface area contributed by atoms with Gasteiger partial charge in [-0.05, 0) is 42.7 Å². The van der Waals surface area contributed by atoms with E-state index in [0.717, 1.165) is 29.5 Å². The minimum atomic E-state index is -1.95. The minimum Gasteiger partial charge on any atom is -0.375 e. The lowest BCUT2D eigenvalue weighted by Gasteiger charge is -2.23. The number of carbonyl (C=O) groups is 2. The van der Waals surface area contributed by atoms with Crippen LogP contribution in [0.3, 0.4) is 0 Å². The molecule has 0 radical (unpaired) electrons.